The fourth-order valence-electron chi connectivity index (χ4n) is 1.41. The Morgan fingerprint density at radius 3 is 2.84 bits per heavy atom. The summed E-state index contributed by atoms with van der Waals surface area (Å²) in [5, 5.41) is 9.10. The molecule has 98 valence electrons. The summed E-state index contributed by atoms with van der Waals surface area (Å²) in [7, 11) is 0. The molecule has 0 atom stereocenters. The molecule has 19 heavy (non-hydrogen) atoms. The highest BCUT2D eigenvalue weighted by Crippen LogP contribution is 2.18. The number of nitrogens with zero attached hydrogens (tertiary/aromatic N) is 1. The number of aromatic nitrogens is 1. The topological polar surface area (TPSA) is 59.4 Å². The number of rotatable bonds is 4. The highest BCUT2D eigenvalue weighted by atomic mass is 35.5. The van der Waals surface area contributed by atoms with Crippen molar-refractivity contribution in [1.82, 2.24) is 4.98 Å². The van der Waals surface area contributed by atoms with E-state index < -0.39 is 11.8 Å². The van der Waals surface area contributed by atoms with Gasteiger partial charge in [-0.25, -0.2) is 9.18 Å². The van der Waals surface area contributed by atoms with Crippen LogP contribution in [0.25, 0.3) is 0 Å². The minimum absolute atomic E-state index is 0.00841. The predicted octanol–water partition coefficient (Wildman–Crippen LogP) is 3.15. The summed E-state index contributed by atoms with van der Waals surface area (Å²) in [6.45, 7) is -0.0340. The van der Waals surface area contributed by atoms with Gasteiger partial charge in [0.05, 0.1) is 11.8 Å². The van der Waals surface area contributed by atoms with Crippen LogP contribution in [0.1, 0.15) is 15.9 Å². The lowest BCUT2D eigenvalue weighted by atomic mass is 10.2. The van der Waals surface area contributed by atoms with Crippen molar-refractivity contribution in [3.05, 3.63) is 58.6 Å². The monoisotopic (exact) mass is 281 g/mol. The fraction of sp³-hybridized carbons (Fsp3) is 0.0769. The van der Waals surface area contributed by atoms with Crippen molar-refractivity contribution in [3.8, 4) is 5.75 Å². The maximum absolute atomic E-state index is 13.5. The first-order chi connectivity index (χ1) is 9.06. The van der Waals surface area contributed by atoms with Crippen LogP contribution in [0, 0.1) is 5.82 Å². The molecule has 0 aliphatic carbocycles. The highest BCUT2D eigenvalue weighted by molar-refractivity contribution is 6.30. The predicted molar refractivity (Wildman–Crippen MR) is 66.9 cm³/mol. The molecule has 0 fully saturated rings. The van der Waals surface area contributed by atoms with Gasteiger partial charge in [0.1, 0.15) is 18.2 Å². The zero-order valence-corrected chi connectivity index (χ0v) is 10.4. The minimum Gasteiger partial charge on any atom is -0.487 e. The number of hydrogen-bond acceptors (Lipinski definition) is 3. The molecule has 0 radical (unpaired) electrons. The zero-order chi connectivity index (χ0) is 13.8. The van der Waals surface area contributed by atoms with Gasteiger partial charge in [0.2, 0.25) is 0 Å². The van der Waals surface area contributed by atoms with Gasteiger partial charge in [-0.1, -0.05) is 17.7 Å². The number of ether oxygens (including phenoxy) is 1. The Morgan fingerprint density at radius 2 is 2.16 bits per heavy atom. The van der Waals surface area contributed by atoms with E-state index >= 15 is 0 Å². The van der Waals surface area contributed by atoms with Gasteiger partial charge in [-0.05, 0) is 18.2 Å². The highest BCUT2D eigenvalue weighted by Gasteiger charge is 2.07. The van der Waals surface area contributed by atoms with E-state index in [0.29, 0.717) is 10.6 Å². The smallest absolute Gasteiger partial charge is 0.337 e. The molecule has 1 heterocycles. The lowest BCUT2D eigenvalue weighted by Gasteiger charge is -2.07. The summed E-state index contributed by atoms with van der Waals surface area (Å²) >= 11 is 5.63. The van der Waals surface area contributed by atoms with Crippen LogP contribution in [0.15, 0.2) is 36.7 Å². The molecule has 6 heteroatoms. The lowest BCUT2D eigenvalue weighted by molar-refractivity contribution is 0.0696. The largest absolute Gasteiger partial charge is 0.487 e. The molecular weight excluding hydrogens is 273 g/mol. The van der Waals surface area contributed by atoms with Crippen LogP contribution in [-0.2, 0) is 6.61 Å². The zero-order valence-electron chi connectivity index (χ0n) is 9.64. The van der Waals surface area contributed by atoms with Crippen LogP contribution in [0.3, 0.4) is 0 Å². The first-order valence-electron chi connectivity index (χ1n) is 5.31. The summed E-state index contributed by atoms with van der Waals surface area (Å²) in [6, 6.07) is 5.57. The first-order valence-corrected chi connectivity index (χ1v) is 5.69. The average molecular weight is 282 g/mol. The quantitative estimate of drug-likeness (QED) is 0.935. The van der Waals surface area contributed by atoms with Crippen molar-refractivity contribution in [2.45, 2.75) is 6.61 Å². The van der Waals surface area contributed by atoms with Gasteiger partial charge in [0.25, 0.3) is 0 Å². The molecule has 2 rings (SSSR count). The van der Waals surface area contributed by atoms with Crippen LogP contribution in [-0.4, -0.2) is 16.1 Å². The summed E-state index contributed by atoms with van der Waals surface area (Å²) in [5.74, 6) is -1.32. The van der Waals surface area contributed by atoms with Crippen LogP contribution < -0.4 is 4.74 Å². The number of carboxylic acid groups (broad SMARTS) is 1. The molecule has 0 saturated carbocycles. The molecule has 0 bridgehead atoms. The van der Waals surface area contributed by atoms with E-state index in [-0.39, 0.29) is 17.9 Å². The van der Waals surface area contributed by atoms with Crippen LogP contribution in [0.4, 0.5) is 4.39 Å². The molecule has 0 aliphatic heterocycles. The molecule has 0 amide bonds. The van der Waals surface area contributed by atoms with Gasteiger partial charge < -0.3 is 9.84 Å². The van der Waals surface area contributed by atoms with E-state index in [9.17, 15) is 9.18 Å². The number of benzene rings is 1. The Morgan fingerprint density at radius 1 is 1.37 bits per heavy atom. The molecule has 1 aromatic heterocycles. The van der Waals surface area contributed by atoms with Gasteiger partial charge in [0.15, 0.2) is 0 Å². The Bertz CT molecular complexity index is 619. The van der Waals surface area contributed by atoms with Gasteiger partial charge >= 0.3 is 5.97 Å². The molecule has 0 unspecified atom stereocenters. The molecule has 4 nitrogen and oxygen atoms in total. The fourth-order valence-corrected chi connectivity index (χ4v) is 1.57. The molecule has 0 aliphatic rings. The van der Waals surface area contributed by atoms with Crippen LogP contribution >= 0.6 is 11.6 Å². The number of halogens is 2. The number of aromatic carboxylic acids is 1. The van der Waals surface area contributed by atoms with Crippen molar-refractivity contribution in [3.63, 3.8) is 0 Å². The molecule has 1 N–H and O–H groups in total. The Hall–Kier alpha value is -2.14. The van der Waals surface area contributed by atoms with Crippen molar-refractivity contribution >= 4 is 17.6 Å². The molecular formula is C13H9ClFNO3. The summed E-state index contributed by atoms with van der Waals surface area (Å²) in [4.78, 5) is 14.5. The maximum Gasteiger partial charge on any atom is 0.337 e. The molecule has 0 spiro atoms. The van der Waals surface area contributed by atoms with Crippen LogP contribution in [0.2, 0.25) is 5.02 Å². The summed E-state index contributed by atoms with van der Waals surface area (Å²) in [6.07, 6.45) is 2.57. The van der Waals surface area contributed by atoms with E-state index in [1.54, 1.807) is 6.07 Å². The van der Waals surface area contributed by atoms with Crippen molar-refractivity contribution < 1.29 is 19.0 Å². The third-order valence-corrected chi connectivity index (χ3v) is 2.60. The van der Waals surface area contributed by atoms with Gasteiger partial charge in [-0.15, -0.1) is 0 Å². The average Bonchev–Trinajstić information content (AvgIpc) is 2.38. The summed E-state index contributed by atoms with van der Waals surface area (Å²) in [5.41, 5.74) is 0.333. The normalized spacial score (nSPS) is 10.2. The molecule has 0 saturated heterocycles. The Labute approximate surface area is 113 Å². The second-order valence-electron chi connectivity index (χ2n) is 3.74. The van der Waals surface area contributed by atoms with E-state index in [0.717, 1.165) is 0 Å². The number of hydrogen-bond donors (Lipinski definition) is 1. The minimum atomic E-state index is -1.10. The van der Waals surface area contributed by atoms with E-state index in [4.69, 9.17) is 21.4 Å². The Balaban J connectivity index is 2.10. The van der Waals surface area contributed by atoms with Crippen molar-refractivity contribution in [2.75, 3.05) is 0 Å². The standard InChI is InChI=1S/C13H9ClFNO3/c14-10-2-1-8(12(15)4-10)7-19-11-3-9(13(17)18)5-16-6-11/h1-6H,7H2,(H,17,18). The lowest BCUT2D eigenvalue weighted by Crippen LogP contribution is -2.01. The van der Waals surface area contributed by atoms with Crippen molar-refractivity contribution in [1.29, 1.82) is 0 Å². The van der Waals surface area contributed by atoms with Gasteiger partial charge in [-0.3, -0.25) is 4.98 Å². The second kappa shape index (κ2) is 5.67. The third kappa shape index (κ3) is 3.42. The van der Waals surface area contributed by atoms with E-state index in [1.165, 1.54) is 30.6 Å². The first kappa shape index (κ1) is 13.3. The number of carboxylic acids is 1. The molecule has 2 aromatic rings. The third-order valence-electron chi connectivity index (χ3n) is 2.37. The van der Waals surface area contributed by atoms with Crippen LogP contribution in [0.5, 0.6) is 5.75 Å². The summed E-state index contributed by atoms with van der Waals surface area (Å²) < 4.78 is 18.8. The van der Waals surface area contributed by atoms with Gasteiger partial charge in [-0.2, -0.15) is 0 Å². The Kier molecular flexibility index (Phi) is 3.97. The number of carbonyl (C=O) groups is 1. The maximum atomic E-state index is 13.5. The van der Waals surface area contributed by atoms with E-state index in [1.807, 2.05) is 0 Å². The molecule has 1 aromatic carbocycles. The SMILES string of the molecule is O=C(O)c1cncc(OCc2ccc(Cl)cc2F)c1. The van der Waals surface area contributed by atoms with Gasteiger partial charge in [0, 0.05) is 16.8 Å². The number of pyridine rings is 1. The van der Waals surface area contributed by atoms with E-state index in [2.05, 4.69) is 4.98 Å². The van der Waals surface area contributed by atoms with Crippen molar-refractivity contribution in [2.24, 2.45) is 0 Å². The second-order valence-corrected chi connectivity index (χ2v) is 4.18.